The van der Waals surface area contributed by atoms with Gasteiger partial charge in [-0.15, -0.1) is 0 Å². The first-order valence-corrected chi connectivity index (χ1v) is 9.80. The molecule has 2 amide bonds. The number of ether oxygens (including phenoxy) is 2. The number of halogens is 3. The molecule has 1 aliphatic heterocycles. The Kier molecular flexibility index (Phi) is 6.45. The largest absolute Gasteiger partial charge is 0.483 e. The molecule has 1 saturated heterocycles. The summed E-state index contributed by atoms with van der Waals surface area (Å²) in [5.74, 6) is -0.751. The summed E-state index contributed by atoms with van der Waals surface area (Å²) in [6.45, 7) is 1.13. The normalized spacial score (nSPS) is 22.9. The predicted molar refractivity (Wildman–Crippen MR) is 99.6 cm³/mol. The number of rotatable bonds is 6. The minimum Gasteiger partial charge on any atom is -0.483 e. The number of nitrogens with one attached hydrogen (secondary N) is 1. The van der Waals surface area contributed by atoms with Gasteiger partial charge in [0, 0.05) is 12.1 Å². The Morgan fingerprint density at radius 1 is 1.21 bits per heavy atom. The Balaban J connectivity index is 1.45. The number of carbonyl (C=O) groups is 1. The van der Waals surface area contributed by atoms with Gasteiger partial charge in [0.05, 0.1) is 18.7 Å². The van der Waals surface area contributed by atoms with Crippen molar-refractivity contribution >= 4 is 6.03 Å². The molecule has 2 aliphatic rings. The Morgan fingerprint density at radius 3 is 2.45 bits per heavy atom. The molecule has 3 rings (SSSR count). The number of nitrogens with zero attached hydrogens (tertiary/aromatic N) is 1. The van der Waals surface area contributed by atoms with Gasteiger partial charge in [-0.05, 0) is 57.6 Å². The highest BCUT2D eigenvalue weighted by molar-refractivity contribution is 5.75. The van der Waals surface area contributed by atoms with E-state index in [0.717, 1.165) is 43.9 Å². The molecule has 2 N–H and O–H groups in total. The molecule has 1 aliphatic carbocycles. The molecule has 0 bridgehead atoms. The third-order valence-electron chi connectivity index (χ3n) is 5.60. The highest BCUT2D eigenvalue weighted by atomic mass is 19.3. The Labute approximate surface area is 168 Å². The van der Waals surface area contributed by atoms with Gasteiger partial charge in [-0.25, -0.2) is 9.18 Å². The lowest BCUT2D eigenvalue weighted by Crippen LogP contribution is -2.60. The van der Waals surface area contributed by atoms with E-state index in [0.29, 0.717) is 0 Å². The van der Waals surface area contributed by atoms with E-state index >= 15 is 0 Å². The number of urea groups is 1. The maximum Gasteiger partial charge on any atom is 0.387 e. The second kappa shape index (κ2) is 8.69. The molecule has 0 aromatic heterocycles. The Bertz CT molecular complexity index is 712. The fraction of sp³-hybridized carbons (Fsp3) is 0.650. The van der Waals surface area contributed by atoms with Crippen LogP contribution in [0.5, 0.6) is 11.5 Å². The monoisotopic (exact) mass is 416 g/mol. The number of likely N-dealkylation sites (tertiary alicyclic amines) is 1. The van der Waals surface area contributed by atoms with Crippen LogP contribution >= 0.6 is 0 Å². The maximum atomic E-state index is 13.4. The van der Waals surface area contributed by atoms with Gasteiger partial charge in [0.25, 0.3) is 0 Å². The van der Waals surface area contributed by atoms with E-state index < -0.39 is 24.1 Å². The van der Waals surface area contributed by atoms with Crippen LogP contribution in [-0.2, 0) is 0 Å². The van der Waals surface area contributed by atoms with E-state index in [1.165, 1.54) is 0 Å². The van der Waals surface area contributed by atoms with Gasteiger partial charge in [0.1, 0.15) is 11.9 Å². The van der Waals surface area contributed by atoms with Crippen LogP contribution in [0.3, 0.4) is 0 Å². The minimum atomic E-state index is -3.04. The van der Waals surface area contributed by atoms with Crippen LogP contribution in [0.25, 0.3) is 0 Å². The van der Waals surface area contributed by atoms with E-state index in [9.17, 15) is 23.1 Å². The maximum absolute atomic E-state index is 13.4. The van der Waals surface area contributed by atoms with Gasteiger partial charge in [0.2, 0.25) is 0 Å². The molecule has 9 heteroatoms. The molecule has 2 fully saturated rings. The van der Waals surface area contributed by atoms with Crippen molar-refractivity contribution in [3.05, 3.63) is 24.0 Å². The van der Waals surface area contributed by atoms with Crippen LogP contribution in [-0.4, -0.2) is 53.5 Å². The molecule has 1 aromatic rings. The van der Waals surface area contributed by atoms with E-state index in [1.807, 2.05) is 13.8 Å². The topological polar surface area (TPSA) is 71.0 Å². The Hall–Kier alpha value is -2.16. The van der Waals surface area contributed by atoms with E-state index in [2.05, 4.69) is 10.1 Å². The fourth-order valence-electron chi connectivity index (χ4n) is 3.84. The number of carbonyl (C=O) groups excluding carboxylic acids is 1. The van der Waals surface area contributed by atoms with Crippen LogP contribution in [0.2, 0.25) is 0 Å². The molecular weight excluding hydrogens is 389 g/mol. The van der Waals surface area contributed by atoms with Crippen LogP contribution in [0.1, 0.15) is 39.5 Å². The summed E-state index contributed by atoms with van der Waals surface area (Å²) in [6.07, 6.45) is 2.91. The molecule has 29 heavy (non-hydrogen) atoms. The molecule has 1 heterocycles. The van der Waals surface area contributed by atoms with Crippen molar-refractivity contribution < 1.29 is 32.5 Å². The summed E-state index contributed by atoms with van der Waals surface area (Å²) in [5, 5.41) is 13.1. The average Bonchev–Trinajstić information content (AvgIpc) is 2.59. The highest BCUT2D eigenvalue weighted by Gasteiger charge is 2.36. The molecule has 0 spiro atoms. The minimum absolute atomic E-state index is 0.0651. The van der Waals surface area contributed by atoms with Crippen LogP contribution in [0.15, 0.2) is 18.2 Å². The lowest BCUT2D eigenvalue weighted by Gasteiger charge is -2.41. The first-order valence-electron chi connectivity index (χ1n) is 9.80. The van der Waals surface area contributed by atoms with Gasteiger partial charge >= 0.3 is 12.6 Å². The van der Waals surface area contributed by atoms with Gasteiger partial charge in [-0.3, -0.25) is 0 Å². The van der Waals surface area contributed by atoms with Gasteiger partial charge in [0.15, 0.2) is 11.5 Å². The first kappa shape index (κ1) is 21.5. The SMILES string of the molecule is CC(C)(O)C1CCC(NC(=O)N2CC(Oc3cc(F)ccc3OC(F)F)C2)CC1. The summed E-state index contributed by atoms with van der Waals surface area (Å²) >= 11 is 0. The average molecular weight is 416 g/mol. The lowest BCUT2D eigenvalue weighted by atomic mass is 9.77. The molecule has 0 atom stereocenters. The van der Waals surface area contributed by atoms with Crippen LogP contribution in [0, 0.1) is 11.7 Å². The lowest BCUT2D eigenvalue weighted by molar-refractivity contribution is -0.0535. The molecule has 0 unspecified atom stereocenters. The second-order valence-corrected chi connectivity index (χ2v) is 8.27. The zero-order chi connectivity index (χ0) is 21.2. The number of aliphatic hydroxyl groups is 1. The van der Waals surface area contributed by atoms with Crippen LogP contribution in [0.4, 0.5) is 18.0 Å². The molecular formula is C20H27F3N2O4. The van der Waals surface area contributed by atoms with Gasteiger partial charge in [-0.2, -0.15) is 8.78 Å². The molecule has 1 aromatic carbocycles. The molecule has 1 saturated carbocycles. The number of hydrogen-bond donors (Lipinski definition) is 2. The summed E-state index contributed by atoms with van der Waals surface area (Å²) in [4.78, 5) is 13.9. The zero-order valence-electron chi connectivity index (χ0n) is 16.5. The van der Waals surface area contributed by atoms with Crippen molar-refractivity contribution in [2.45, 2.75) is 63.9 Å². The summed E-state index contributed by atoms with van der Waals surface area (Å²) in [7, 11) is 0. The number of hydrogen-bond acceptors (Lipinski definition) is 4. The third kappa shape index (κ3) is 5.68. The highest BCUT2D eigenvalue weighted by Crippen LogP contribution is 2.33. The van der Waals surface area contributed by atoms with Crippen molar-refractivity contribution in [2.75, 3.05) is 13.1 Å². The van der Waals surface area contributed by atoms with Gasteiger partial charge in [-0.1, -0.05) is 0 Å². The number of benzene rings is 1. The quantitative estimate of drug-likeness (QED) is 0.744. The summed E-state index contributed by atoms with van der Waals surface area (Å²) in [5.41, 5.74) is -0.708. The molecule has 6 nitrogen and oxygen atoms in total. The fourth-order valence-corrected chi connectivity index (χ4v) is 3.84. The zero-order valence-corrected chi connectivity index (χ0v) is 16.5. The van der Waals surface area contributed by atoms with Crippen molar-refractivity contribution in [2.24, 2.45) is 5.92 Å². The first-order chi connectivity index (χ1) is 13.6. The van der Waals surface area contributed by atoms with E-state index in [1.54, 1.807) is 4.90 Å². The summed E-state index contributed by atoms with van der Waals surface area (Å²) in [6, 6.07) is 2.94. The standard InChI is InChI=1S/C20H27F3N2O4/c1-20(2,27)12-3-6-14(7-4-12)24-19(26)25-10-15(11-25)28-17-9-13(21)5-8-16(17)29-18(22)23/h5,8-9,12,14-15,18,27H,3-4,6-7,10-11H2,1-2H3,(H,24,26). The van der Waals surface area contributed by atoms with E-state index in [-0.39, 0.29) is 42.6 Å². The molecule has 162 valence electrons. The van der Waals surface area contributed by atoms with Crippen LogP contribution < -0.4 is 14.8 Å². The van der Waals surface area contributed by atoms with Crippen molar-refractivity contribution in [1.29, 1.82) is 0 Å². The van der Waals surface area contributed by atoms with Crippen molar-refractivity contribution in [1.82, 2.24) is 10.2 Å². The smallest absolute Gasteiger partial charge is 0.387 e. The van der Waals surface area contributed by atoms with E-state index in [4.69, 9.17) is 4.74 Å². The number of alkyl halides is 2. The second-order valence-electron chi connectivity index (χ2n) is 8.27. The predicted octanol–water partition coefficient (Wildman–Crippen LogP) is 3.53. The van der Waals surface area contributed by atoms with Crippen molar-refractivity contribution in [3.8, 4) is 11.5 Å². The molecule has 0 radical (unpaired) electrons. The summed E-state index contributed by atoms with van der Waals surface area (Å²) < 4.78 is 48.2. The number of amides is 2. The Morgan fingerprint density at radius 2 is 1.86 bits per heavy atom. The van der Waals surface area contributed by atoms with Crippen molar-refractivity contribution in [3.63, 3.8) is 0 Å². The van der Waals surface area contributed by atoms with Gasteiger partial charge < -0.3 is 24.8 Å². The third-order valence-corrected chi connectivity index (χ3v) is 5.60.